The van der Waals surface area contributed by atoms with E-state index in [0.717, 1.165) is 11.1 Å². The molecule has 1 amide bonds. The second-order valence-corrected chi connectivity index (χ2v) is 7.54. The third-order valence-electron chi connectivity index (χ3n) is 4.97. The van der Waals surface area contributed by atoms with E-state index in [4.69, 9.17) is 26.2 Å². The van der Waals surface area contributed by atoms with Crippen LogP contribution in [0.4, 0.5) is 5.69 Å². The van der Waals surface area contributed by atoms with E-state index < -0.39 is 0 Å². The second-order valence-electron chi connectivity index (χ2n) is 7.10. The molecule has 4 rings (SSSR count). The number of ether oxygens (including phenoxy) is 2. The van der Waals surface area contributed by atoms with Gasteiger partial charge in [0, 0.05) is 22.8 Å². The zero-order chi connectivity index (χ0) is 22.5. The van der Waals surface area contributed by atoms with Crippen LogP contribution in [0.1, 0.15) is 15.9 Å². The number of nitrogens with one attached hydrogen (secondary N) is 1. The number of hydrogen-bond acceptors (Lipinski definition) is 4. The van der Waals surface area contributed by atoms with E-state index in [9.17, 15) is 4.79 Å². The maximum Gasteiger partial charge on any atom is 0.259 e. The molecule has 0 aliphatic carbocycles. The molecule has 0 fully saturated rings. The minimum atomic E-state index is -0.305. The van der Waals surface area contributed by atoms with Crippen LogP contribution in [0.25, 0.3) is 11.3 Å². The van der Waals surface area contributed by atoms with Crippen molar-refractivity contribution >= 4 is 23.2 Å². The maximum absolute atomic E-state index is 13.3. The van der Waals surface area contributed by atoms with E-state index in [-0.39, 0.29) is 5.91 Å². The van der Waals surface area contributed by atoms with Gasteiger partial charge in [0.15, 0.2) is 0 Å². The van der Waals surface area contributed by atoms with Crippen LogP contribution in [-0.4, -0.2) is 29.9 Å². The van der Waals surface area contributed by atoms with Gasteiger partial charge in [-0.25, -0.2) is 0 Å². The highest BCUT2D eigenvalue weighted by molar-refractivity contribution is 6.30. The third kappa shape index (κ3) is 4.76. The lowest BCUT2D eigenvalue weighted by molar-refractivity contribution is 0.102. The van der Waals surface area contributed by atoms with Crippen molar-refractivity contribution in [3.8, 4) is 22.8 Å². The molecule has 1 N–H and O–H groups in total. The zero-order valence-corrected chi connectivity index (χ0v) is 18.5. The Hall–Kier alpha value is -3.77. The summed E-state index contributed by atoms with van der Waals surface area (Å²) in [5.74, 6) is 0.837. The van der Waals surface area contributed by atoms with E-state index in [1.807, 2.05) is 42.5 Å². The number of carbonyl (C=O) groups is 1. The number of methoxy groups -OCH3 is 2. The van der Waals surface area contributed by atoms with Crippen LogP contribution in [0, 0.1) is 0 Å². The Morgan fingerprint density at radius 3 is 2.44 bits per heavy atom. The summed E-state index contributed by atoms with van der Waals surface area (Å²) >= 11 is 6.05. The van der Waals surface area contributed by atoms with E-state index in [2.05, 4.69) is 5.32 Å². The number of benzene rings is 3. The standard InChI is InChI=1S/C25H22ClN3O3/c1-31-20-12-13-23(32-2)22(14-20)27-25(30)21-16-29(15-17-6-4-3-5-7-17)28-24(21)18-8-10-19(26)11-9-18/h3-14,16H,15H2,1-2H3,(H,27,30). The number of nitrogens with zero attached hydrogens (tertiary/aromatic N) is 2. The van der Waals surface area contributed by atoms with Crippen LogP contribution < -0.4 is 14.8 Å². The van der Waals surface area contributed by atoms with Crippen molar-refractivity contribution in [2.45, 2.75) is 6.54 Å². The minimum Gasteiger partial charge on any atom is -0.497 e. The monoisotopic (exact) mass is 447 g/mol. The lowest BCUT2D eigenvalue weighted by Crippen LogP contribution is -2.13. The molecule has 7 heteroatoms. The van der Waals surface area contributed by atoms with Gasteiger partial charge in [0.25, 0.3) is 5.91 Å². The average Bonchev–Trinajstić information content (AvgIpc) is 3.24. The normalized spacial score (nSPS) is 10.6. The summed E-state index contributed by atoms with van der Waals surface area (Å²) in [6.45, 7) is 0.539. The first kappa shape index (κ1) is 21.5. The largest absolute Gasteiger partial charge is 0.497 e. The van der Waals surface area contributed by atoms with Gasteiger partial charge in [-0.15, -0.1) is 0 Å². The summed E-state index contributed by atoms with van der Waals surface area (Å²) in [5, 5.41) is 8.24. The molecule has 0 saturated heterocycles. The Balaban J connectivity index is 1.71. The highest BCUT2D eigenvalue weighted by atomic mass is 35.5. The lowest BCUT2D eigenvalue weighted by atomic mass is 10.1. The molecule has 0 spiro atoms. The predicted octanol–water partition coefficient (Wildman–Crippen LogP) is 5.52. The van der Waals surface area contributed by atoms with Crippen molar-refractivity contribution in [1.29, 1.82) is 0 Å². The SMILES string of the molecule is COc1ccc(OC)c(NC(=O)c2cn(Cc3ccccc3)nc2-c2ccc(Cl)cc2)c1. The van der Waals surface area contributed by atoms with E-state index in [1.165, 1.54) is 0 Å². The molecule has 1 aromatic heterocycles. The van der Waals surface area contributed by atoms with Crippen LogP contribution >= 0.6 is 11.6 Å². The van der Waals surface area contributed by atoms with Crippen LogP contribution in [0.2, 0.25) is 5.02 Å². The van der Waals surface area contributed by atoms with Gasteiger partial charge in [0.1, 0.15) is 17.2 Å². The van der Waals surface area contributed by atoms with Gasteiger partial charge in [0.2, 0.25) is 0 Å². The van der Waals surface area contributed by atoms with Gasteiger partial charge >= 0.3 is 0 Å². The molecule has 0 unspecified atom stereocenters. The first-order valence-electron chi connectivity index (χ1n) is 9.98. The van der Waals surface area contributed by atoms with Gasteiger partial charge in [0.05, 0.1) is 32.0 Å². The van der Waals surface area contributed by atoms with Crippen molar-refractivity contribution in [2.24, 2.45) is 0 Å². The Kier molecular flexibility index (Phi) is 6.42. The zero-order valence-electron chi connectivity index (χ0n) is 17.7. The molecular formula is C25H22ClN3O3. The van der Waals surface area contributed by atoms with Crippen molar-refractivity contribution in [2.75, 3.05) is 19.5 Å². The molecule has 3 aromatic carbocycles. The van der Waals surface area contributed by atoms with Crippen molar-refractivity contribution < 1.29 is 14.3 Å². The Morgan fingerprint density at radius 1 is 1.00 bits per heavy atom. The first-order chi connectivity index (χ1) is 15.6. The van der Waals surface area contributed by atoms with E-state index in [1.54, 1.807) is 55.4 Å². The fourth-order valence-corrected chi connectivity index (χ4v) is 3.49. The number of carbonyl (C=O) groups excluding carboxylic acids is 1. The lowest BCUT2D eigenvalue weighted by Gasteiger charge is -2.11. The molecular weight excluding hydrogens is 426 g/mol. The molecule has 1 heterocycles. The van der Waals surface area contributed by atoms with Crippen molar-refractivity contribution in [3.05, 3.63) is 95.1 Å². The number of aromatic nitrogens is 2. The number of rotatable bonds is 7. The Morgan fingerprint density at radius 2 is 1.75 bits per heavy atom. The average molecular weight is 448 g/mol. The number of amides is 1. The number of halogens is 1. The number of anilines is 1. The van der Waals surface area contributed by atoms with E-state index in [0.29, 0.717) is 40.0 Å². The summed E-state index contributed by atoms with van der Waals surface area (Å²) in [6, 6.07) is 22.4. The van der Waals surface area contributed by atoms with Gasteiger partial charge in [-0.05, 0) is 29.8 Å². The molecule has 0 saturated carbocycles. The molecule has 162 valence electrons. The van der Waals surface area contributed by atoms with Crippen LogP contribution in [0.3, 0.4) is 0 Å². The van der Waals surface area contributed by atoms with E-state index >= 15 is 0 Å². The second kappa shape index (κ2) is 9.58. The summed E-state index contributed by atoms with van der Waals surface area (Å²) in [6.07, 6.45) is 1.75. The fraction of sp³-hybridized carbons (Fsp3) is 0.120. The molecule has 0 radical (unpaired) electrons. The molecule has 6 nitrogen and oxygen atoms in total. The summed E-state index contributed by atoms with van der Waals surface area (Å²) in [5.41, 5.74) is 3.39. The smallest absolute Gasteiger partial charge is 0.259 e. The quantitative estimate of drug-likeness (QED) is 0.405. The summed E-state index contributed by atoms with van der Waals surface area (Å²) in [4.78, 5) is 13.3. The van der Waals surface area contributed by atoms with Crippen LogP contribution in [0.5, 0.6) is 11.5 Å². The molecule has 32 heavy (non-hydrogen) atoms. The van der Waals surface area contributed by atoms with Crippen LogP contribution in [-0.2, 0) is 6.54 Å². The first-order valence-corrected chi connectivity index (χ1v) is 10.4. The minimum absolute atomic E-state index is 0.305. The molecule has 0 bridgehead atoms. The summed E-state index contributed by atoms with van der Waals surface area (Å²) < 4.78 is 12.4. The predicted molar refractivity (Wildman–Crippen MR) is 126 cm³/mol. The summed E-state index contributed by atoms with van der Waals surface area (Å²) in [7, 11) is 3.12. The highest BCUT2D eigenvalue weighted by Gasteiger charge is 2.20. The Bertz CT molecular complexity index is 1220. The topological polar surface area (TPSA) is 65.4 Å². The van der Waals surface area contributed by atoms with Crippen LogP contribution in [0.15, 0.2) is 79.0 Å². The molecule has 0 atom stereocenters. The number of hydrogen-bond donors (Lipinski definition) is 1. The highest BCUT2D eigenvalue weighted by Crippen LogP contribution is 2.31. The Labute approximate surface area is 191 Å². The molecule has 0 aliphatic rings. The van der Waals surface area contributed by atoms with Gasteiger partial charge in [-0.3, -0.25) is 9.48 Å². The van der Waals surface area contributed by atoms with Gasteiger partial charge < -0.3 is 14.8 Å². The third-order valence-corrected chi connectivity index (χ3v) is 5.22. The molecule has 4 aromatic rings. The van der Waals surface area contributed by atoms with Crippen molar-refractivity contribution in [1.82, 2.24) is 9.78 Å². The van der Waals surface area contributed by atoms with Gasteiger partial charge in [-0.2, -0.15) is 5.10 Å². The molecule has 0 aliphatic heterocycles. The van der Waals surface area contributed by atoms with Crippen molar-refractivity contribution in [3.63, 3.8) is 0 Å². The fourth-order valence-electron chi connectivity index (χ4n) is 3.36. The maximum atomic E-state index is 13.3. The van der Waals surface area contributed by atoms with Gasteiger partial charge in [-0.1, -0.05) is 54.1 Å².